The highest BCUT2D eigenvalue weighted by Gasteiger charge is 2.16. The van der Waals surface area contributed by atoms with Gasteiger partial charge in [0, 0.05) is 26.3 Å². The van der Waals surface area contributed by atoms with Crippen LogP contribution in [0.4, 0.5) is 11.5 Å². The van der Waals surface area contributed by atoms with Gasteiger partial charge in [-0.05, 0) is 13.8 Å². The number of aromatic nitrogens is 4. The van der Waals surface area contributed by atoms with Gasteiger partial charge in [0.05, 0.1) is 11.9 Å². The Morgan fingerprint density at radius 2 is 1.95 bits per heavy atom. The van der Waals surface area contributed by atoms with Gasteiger partial charge in [-0.1, -0.05) is 0 Å². The van der Waals surface area contributed by atoms with Crippen LogP contribution in [0, 0.1) is 11.3 Å². The summed E-state index contributed by atoms with van der Waals surface area (Å²) in [6.45, 7) is 3.96. The van der Waals surface area contributed by atoms with Gasteiger partial charge in [0.15, 0.2) is 5.56 Å². The lowest BCUT2D eigenvalue weighted by atomic mass is 10.3. The smallest absolute Gasteiger partial charge is 0.332 e. The Kier molecular flexibility index (Phi) is 3.67. The van der Waals surface area contributed by atoms with Crippen LogP contribution >= 0.6 is 0 Å². The van der Waals surface area contributed by atoms with Gasteiger partial charge < -0.3 is 5.32 Å². The lowest BCUT2D eigenvalue weighted by molar-refractivity contribution is 0.532. The molecule has 0 unspecified atom stereocenters. The second kappa shape index (κ2) is 5.28. The summed E-state index contributed by atoms with van der Waals surface area (Å²) in [4.78, 5) is 23.9. The summed E-state index contributed by atoms with van der Waals surface area (Å²) in [6.07, 6.45) is 3.32. The molecule has 21 heavy (non-hydrogen) atoms. The van der Waals surface area contributed by atoms with Gasteiger partial charge in [0.2, 0.25) is 0 Å². The zero-order chi connectivity index (χ0) is 15.7. The maximum Gasteiger partial charge on any atom is 0.332 e. The Labute approximate surface area is 120 Å². The van der Waals surface area contributed by atoms with Gasteiger partial charge in [-0.3, -0.25) is 18.6 Å². The van der Waals surface area contributed by atoms with Crippen molar-refractivity contribution in [3.05, 3.63) is 38.8 Å². The lowest BCUT2D eigenvalue weighted by Crippen LogP contribution is -2.39. The Morgan fingerprint density at radius 3 is 2.48 bits per heavy atom. The van der Waals surface area contributed by atoms with Crippen molar-refractivity contribution in [2.24, 2.45) is 14.1 Å². The fourth-order valence-corrected chi connectivity index (χ4v) is 1.91. The second-order valence-electron chi connectivity index (χ2n) is 4.97. The van der Waals surface area contributed by atoms with Crippen LogP contribution in [0.15, 0.2) is 22.0 Å². The molecule has 0 aliphatic heterocycles. The van der Waals surface area contributed by atoms with E-state index in [1.54, 1.807) is 17.1 Å². The Hall–Kier alpha value is -2.82. The number of nitrogens with one attached hydrogen (secondary N) is 1. The third-order valence-electron chi connectivity index (χ3n) is 3.17. The number of nitrogens with zero attached hydrogens (tertiary/aromatic N) is 5. The normalized spacial score (nSPS) is 10.7. The molecule has 0 aliphatic carbocycles. The standard InChI is InChI=1S/C13H16N6O2/c1-8(2)19-7-9(6-15-19)16-11-10(5-14)12(20)18(4)13(21)17(11)3/h6-8,16H,1-4H3. The van der Waals surface area contributed by atoms with Crippen molar-refractivity contribution >= 4 is 11.5 Å². The molecule has 0 bridgehead atoms. The van der Waals surface area contributed by atoms with E-state index in [1.807, 2.05) is 19.9 Å². The van der Waals surface area contributed by atoms with Crippen molar-refractivity contribution in [1.82, 2.24) is 18.9 Å². The minimum Gasteiger partial charge on any atom is -0.338 e. The van der Waals surface area contributed by atoms with E-state index in [0.29, 0.717) is 5.69 Å². The van der Waals surface area contributed by atoms with Crippen molar-refractivity contribution < 1.29 is 0 Å². The summed E-state index contributed by atoms with van der Waals surface area (Å²) in [7, 11) is 2.84. The first-order chi connectivity index (χ1) is 9.86. The summed E-state index contributed by atoms with van der Waals surface area (Å²) in [5.74, 6) is 0.161. The number of hydrogen-bond acceptors (Lipinski definition) is 5. The highest BCUT2D eigenvalue weighted by Crippen LogP contribution is 2.17. The molecule has 0 saturated carbocycles. The molecule has 0 fully saturated rings. The van der Waals surface area contributed by atoms with E-state index in [-0.39, 0.29) is 17.4 Å². The molecule has 2 aromatic heterocycles. The van der Waals surface area contributed by atoms with Crippen LogP contribution in [0.5, 0.6) is 0 Å². The fraction of sp³-hybridized carbons (Fsp3) is 0.385. The summed E-state index contributed by atoms with van der Waals surface area (Å²) >= 11 is 0. The molecule has 2 rings (SSSR count). The SMILES string of the molecule is CC(C)n1cc(Nc2c(C#N)c(=O)n(C)c(=O)n2C)cn1. The Morgan fingerprint density at radius 1 is 1.29 bits per heavy atom. The van der Waals surface area contributed by atoms with Crippen LogP contribution in [-0.4, -0.2) is 18.9 Å². The molecule has 2 aromatic rings. The third kappa shape index (κ3) is 2.45. The van der Waals surface area contributed by atoms with E-state index in [0.717, 1.165) is 4.57 Å². The zero-order valence-electron chi connectivity index (χ0n) is 12.3. The molecule has 0 atom stereocenters. The lowest BCUT2D eigenvalue weighted by Gasteiger charge is -2.12. The molecule has 8 heteroatoms. The highest BCUT2D eigenvalue weighted by atomic mass is 16.2. The summed E-state index contributed by atoms with van der Waals surface area (Å²) < 4.78 is 3.86. The van der Waals surface area contributed by atoms with Crippen molar-refractivity contribution in [3.63, 3.8) is 0 Å². The van der Waals surface area contributed by atoms with Crippen molar-refractivity contribution in [2.75, 3.05) is 5.32 Å². The molecule has 0 aliphatic rings. The number of nitriles is 1. The third-order valence-corrected chi connectivity index (χ3v) is 3.17. The van der Waals surface area contributed by atoms with E-state index in [9.17, 15) is 14.9 Å². The quantitative estimate of drug-likeness (QED) is 0.885. The van der Waals surface area contributed by atoms with Crippen LogP contribution in [0.2, 0.25) is 0 Å². The van der Waals surface area contributed by atoms with Gasteiger partial charge in [-0.2, -0.15) is 10.4 Å². The predicted octanol–water partition coefficient (Wildman–Crippen LogP) is 0.477. The van der Waals surface area contributed by atoms with E-state index in [2.05, 4.69) is 10.4 Å². The fourth-order valence-electron chi connectivity index (χ4n) is 1.91. The molecule has 110 valence electrons. The predicted molar refractivity (Wildman–Crippen MR) is 77.5 cm³/mol. The Bertz CT molecular complexity index is 834. The first-order valence-corrected chi connectivity index (χ1v) is 6.38. The van der Waals surface area contributed by atoms with Crippen LogP contribution in [0.3, 0.4) is 0 Å². The maximum absolute atomic E-state index is 12.0. The minimum absolute atomic E-state index is 0.114. The van der Waals surface area contributed by atoms with Crippen LogP contribution in [0.25, 0.3) is 0 Å². The maximum atomic E-state index is 12.0. The van der Waals surface area contributed by atoms with Gasteiger partial charge in [-0.25, -0.2) is 4.79 Å². The van der Waals surface area contributed by atoms with Gasteiger partial charge in [0.1, 0.15) is 11.9 Å². The van der Waals surface area contributed by atoms with Crippen LogP contribution in [-0.2, 0) is 14.1 Å². The minimum atomic E-state index is -0.626. The zero-order valence-corrected chi connectivity index (χ0v) is 12.3. The van der Waals surface area contributed by atoms with Crippen LogP contribution < -0.4 is 16.6 Å². The molecule has 0 radical (unpaired) electrons. The molecular formula is C13H16N6O2. The molecule has 1 N–H and O–H groups in total. The second-order valence-corrected chi connectivity index (χ2v) is 4.97. The first kappa shape index (κ1) is 14.6. The van der Waals surface area contributed by atoms with Crippen molar-refractivity contribution in [1.29, 1.82) is 5.26 Å². The van der Waals surface area contributed by atoms with Gasteiger partial charge in [0.25, 0.3) is 5.56 Å². The molecular weight excluding hydrogens is 272 g/mol. The Balaban J connectivity index is 2.56. The molecule has 0 aromatic carbocycles. The van der Waals surface area contributed by atoms with E-state index in [4.69, 9.17) is 0 Å². The molecule has 2 heterocycles. The molecule has 0 spiro atoms. The molecule has 8 nitrogen and oxygen atoms in total. The summed E-state index contributed by atoms with van der Waals surface area (Å²) in [5.41, 5.74) is -0.641. The average Bonchev–Trinajstić information content (AvgIpc) is 2.92. The van der Waals surface area contributed by atoms with E-state index in [1.165, 1.54) is 18.7 Å². The molecule has 0 saturated heterocycles. The summed E-state index contributed by atoms with van der Waals surface area (Å²) in [5, 5.41) is 16.3. The van der Waals surface area contributed by atoms with Crippen LogP contribution in [0.1, 0.15) is 25.5 Å². The van der Waals surface area contributed by atoms with E-state index >= 15 is 0 Å². The van der Waals surface area contributed by atoms with Crippen molar-refractivity contribution in [2.45, 2.75) is 19.9 Å². The number of rotatable bonds is 3. The van der Waals surface area contributed by atoms with Gasteiger partial charge in [-0.15, -0.1) is 0 Å². The highest BCUT2D eigenvalue weighted by molar-refractivity contribution is 5.61. The molecule has 0 amide bonds. The number of hydrogen-bond donors (Lipinski definition) is 1. The average molecular weight is 288 g/mol. The van der Waals surface area contributed by atoms with Gasteiger partial charge >= 0.3 is 5.69 Å². The summed E-state index contributed by atoms with van der Waals surface area (Å²) in [6, 6.07) is 2.02. The topological polar surface area (TPSA) is 97.6 Å². The van der Waals surface area contributed by atoms with E-state index < -0.39 is 11.2 Å². The number of anilines is 2. The monoisotopic (exact) mass is 288 g/mol. The first-order valence-electron chi connectivity index (χ1n) is 6.38. The van der Waals surface area contributed by atoms with Crippen molar-refractivity contribution in [3.8, 4) is 6.07 Å². The largest absolute Gasteiger partial charge is 0.338 e.